The third-order valence-electron chi connectivity index (χ3n) is 2.37. The van der Waals surface area contributed by atoms with Crippen LogP contribution in [0.25, 0.3) is 0 Å². The summed E-state index contributed by atoms with van der Waals surface area (Å²) in [5.74, 6) is -2.77. The Labute approximate surface area is 118 Å². The number of carbonyl (C=O) groups is 1. The molecule has 0 fully saturated rings. The molecule has 21 heavy (non-hydrogen) atoms. The van der Waals surface area contributed by atoms with Crippen LogP contribution >= 0.6 is 0 Å². The van der Waals surface area contributed by atoms with E-state index in [1.54, 1.807) is 0 Å². The van der Waals surface area contributed by atoms with Crippen LogP contribution in [0, 0.1) is 0 Å². The Morgan fingerprint density at radius 3 is 2.43 bits per heavy atom. The van der Waals surface area contributed by atoms with Crippen LogP contribution in [0.4, 0.5) is 18.9 Å². The molecule has 1 rings (SSSR count). The Morgan fingerprint density at radius 2 is 1.90 bits per heavy atom. The summed E-state index contributed by atoms with van der Waals surface area (Å²) in [6.07, 6.45) is -6.28. The number of hydrogen-bond donors (Lipinski definition) is 3. The van der Waals surface area contributed by atoms with Crippen molar-refractivity contribution in [1.82, 2.24) is 0 Å². The first-order valence-corrected chi connectivity index (χ1v) is 7.29. The highest BCUT2D eigenvalue weighted by molar-refractivity contribution is 7.92. The quantitative estimate of drug-likeness (QED) is 0.695. The second-order valence-corrected chi connectivity index (χ2v) is 6.02. The van der Waals surface area contributed by atoms with Gasteiger partial charge in [-0.1, -0.05) is 0 Å². The summed E-state index contributed by atoms with van der Waals surface area (Å²) in [5.41, 5.74) is -0.678. The second-order valence-electron chi connectivity index (χ2n) is 4.18. The number of hydrogen-bond acceptors (Lipinski definition) is 4. The Bertz CT molecular complexity index is 627. The number of benzene rings is 1. The highest BCUT2D eigenvalue weighted by Gasteiger charge is 2.27. The number of phenols is 1. The molecule has 118 valence electrons. The zero-order chi connectivity index (χ0) is 16.3. The predicted octanol–water partition coefficient (Wildman–Crippen LogP) is 2.17. The molecule has 3 N–H and O–H groups in total. The van der Waals surface area contributed by atoms with E-state index in [4.69, 9.17) is 5.11 Å². The number of rotatable bonds is 6. The molecule has 0 bridgehead atoms. The van der Waals surface area contributed by atoms with Crippen LogP contribution in [0.2, 0.25) is 0 Å². The molecule has 0 aromatic heterocycles. The number of sulfonamides is 1. The minimum Gasteiger partial charge on any atom is -0.507 e. The number of aromatic hydroxyl groups is 1. The van der Waals surface area contributed by atoms with E-state index >= 15 is 0 Å². The van der Waals surface area contributed by atoms with Crippen molar-refractivity contribution in [3.63, 3.8) is 0 Å². The molecule has 1 aromatic rings. The first kappa shape index (κ1) is 17.1. The van der Waals surface area contributed by atoms with Gasteiger partial charge in [-0.25, -0.2) is 13.2 Å². The van der Waals surface area contributed by atoms with Crippen LogP contribution in [0.3, 0.4) is 0 Å². The van der Waals surface area contributed by atoms with Gasteiger partial charge in [0.05, 0.1) is 5.75 Å². The van der Waals surface area contributed by atoms with Crippen LogP contribution in [-0.2, 0) is 10.0 Å². The molecule has 0 aliphatic heterocycles. The van der Waals surface area contributed by atoms with Gasteiger partial charge in [0.2, 0.25) is 10.0 Å². The minimum absolute atomic E-state index is 0.155. The second kappa shape index (κ2) is 6.20. The molecule has 0 atom stereocenters. The van der Waals surface area contributed by atoms with Gasteiger partial charge >= 0.3 is 12.1 Å². The van der Waals surface area contributed by atoms with Crippen molar-refractivity contribution in [3.8, 4) is 5.75 Å². The Morgan fingerprint density at radius 1 is 1.29 bits per heavy atom. The number of carboxylic acids is 1. The van der Waals surface area contributed by atoms with Gasteiger partial charge in [-0.05, 0) is 24.6 Å². The standard InChI is InChI=1S/C11H12F3NO5S/c12-11(13,14)4-1-5-21(19,20)15-7-2-3-9(16)8(6-7)10(17)18/h2-3,6,15-16H,1,4-5H2,(H,17,18). The van der Waals surface area contributed by atoms with Crippen molar-refractivity contribution in [2.45, 2.75) is 19.0 Å². The summed E-state index contributed by atoms with van der Waals surface area (Å²) < 4.78 is 60.9. The summed E-state index contributed by atoms with van der Waals surface area (Å²) in [4.78, 5) is 10.8. The lowest BCUT2D eigenvalue weighted by molar-refractivity contribution is -0.134. The maximum atomic E-state index is 11.9. The summed E-state index contributed by atoms with van der Waals surface area (Å²) in [6, 6.07) is 2.94. The van der Waals surface area contributed by atoms with Crippen molar-refractivity contribution in [3.05, 3.63) is 23.8 Å². The topological polar surface area (TPSA) is 104 Å². The van der Waals surface area contributed by atoms with Gasteiger partial charge in [-0.15, -0.1) is 0 Å². The van der Waals surface area contributed by atoms with Gasteiger partial charge in [0.1, 0.15) is 11.3 Å². The summed E-state index contributed by atoms with van der Waals surface area (Å²) in [7, 11) is -4.04. The summed E-state index contributed by atoms with van der Waals surface area (Å²) in [5, 5.41) is 18.0. The fourth-order valence-corrected chi connectivity index (χ4v) is 2.58. The Balaban J connectivity index is 2.76. The monoisotopic (exact) mass is 327 g/mol. The molecular formula is C11H12F3NO5S. The fraction of sp³-hybridized carbons (Fsp3) is 0.364. The first-order valence-electron chi connectivity index (χ1n) is 5.64. The molecule has 0 unspecified atom stereocenters. The molecule has 10 heteroatoms. The van der Waals surface area contributed by atoms with Gasteiger partial charge in [0.15, 0.2) is 0 Å². The number of alkyl halides is 3. The number of carboxylic acid groups (broad SMARTS) is 1. The Kier molecular flexibility index (Phi) is 5.05. The molecule has 0 aliphatic carbocycles. The first-order chi connectivity index (χ1) is 9.50. The smallest absolute Gasteiger partial charge is 0.389 e. The van der Waals surface area contributed by atoms with Gasteiger partial charge in [0, 0.05) is 12.1 Å². The van der Waals surface area contributed by atoms with E-state index in [-0.39, 0.29) is 5.69 Å². The van der Waals surface area contributed by atoms with Crippen LogP contribution in [0.1, 0.15) is 23.2 Å². The van der Waals surface area contributed by atoms with Crippen LogP contribution in [0.15, 0.2) is 18.2 Å². The normalized spacial score (nSPS) is 12.1. The molecule has 6 nitrogen and oxygen atoms in total. The molecule has 0 saturated carbocycles. The largest absolute Gasteiger partial charge is 0.507 e. The van der Waals surface area contributed by atoms with Crippen LogP contribution in [0.5, 0.6) is 5.75 Å². The van der Waals surface area contributed by atoms with E-state index in [1.165, 1.54) is 0 Å². The third-order valence-corrected chi connectivity index (χ3v) is 3.75. The van der Waals surface area contributed by atoms with Crippen molar-refractivity contribution in [2.75, 3.05) is 10.5 Å². The van der Waals surface area contributed by atoms with Gasteiger partial charge in [0.25, 0.3) is 0 Å². The maximum Gasteiger partial charge on any atom is 0.389 e. The third kappa shape index (κ3) is 5.90. The molecule has 0 heterocycles. The molecule has 0 radical (unpaired) electrons. The van der Waals surface area contributed by atoms with Crippen molar-refractivity contribution >= 4 is 21.7 Å². The number of nitrogens with one attached hydrogen (secondary N) is 1. The predicted molar refractivity (Wildman–Crippen MR) is 67.8 cm³/mol. The molecular weight excluding hydrogens is 315 g/mol. The van der Waals surface area contributed by atoms with E-state index in [9.17, 15) is 31.5 Å². The van der Waals surface area contributed by atoms with Crippen molar-refractivity contribution in [2.24, 2.45) is 0 Å². The van der Waals surface area contributed by atoms with E-state index in [0.29, 0.717) is 0 Å². The van der Waals surface area contributed by atoms with Crippen molar-refractivity contribution in [1.29, 1.82) is 0 Å². The minimum atomic E-state index is -4.44. The number of anilines is 1. The van der Waals surface area contributed by atoms with E-state index in [2.05, 4.69) is 0 Å². The van der Waals surface area contributed by atoms with E-state index < -0.39 is 52.1 Å². The Hall–Kier alpha value is -1.97. The average Bonchev–Trinajstić information content (AvgIpc) is 2.28. The lowest BCUT2D eigenvalue weighted by atomic mass is 10.2. The highest BCUT2D eigenvalue weighted by atomic mass is 32.2. The van der Waals surface area contributed by atoms with Gasteiger partial charge in [-0.3, -0.25) is 4.72 Å². The average molecular weight is 327 g/mol. The zero-order valence-corrected chi connectivity index (χ0v) is 11.3. The molecule has 1 aromatic carbocycles. The van der Waals surface area contributed by atoms with Crippen LogP contribution < -0.4 is 4.72 Å². The van der Waals surface area contributed by atoms with E-state index in [0.717, 1.165) is 18.2 Å². The van der Waals surface area contributed by atoms with E-state index in [1.807, 2.05) is 4.72 Å². The number of aromatic carboxylic acids is 1. The molecule has 0 aliphatic rings. The van der Waals surface area contributed by atoms with Crippen molar-refractivity contribution < 1.29 is 36.6 Å². The summed E-state index contributed by atoms with van der Waals surface area (Å²) in [6.45, 7) is 0. The summed E-state index contributed by atoms with van der Waals surface area (Å²) >= 11 is 0. The molecule has 0 amide bonds. The SMILES string of the molecule is O=C(O)c1cc(NS(=O)(=O)CCCC(F)(F)F)ccc1O. The lowest BCUT2D eigenvalue weighted by Crippen LogP contribution is -2.19. The van der Waals surface area contributed by atoms with Gasteiger partial charge < -0.3 is 10.2 Å². The maximum absolute atomic E-state index is 11.9. The number of halogens is 3. The molecule has 0 saturated heterocycles. The fourth-order valence-electron chi connectivity index (χ4n) is 1.46. The lowest BCUT2D eigenvalue weighted by Gasteiger charge is -2.10. The highest BCUT2D eigenvalue weighted by Crippen LogP contribution is 2.24. The van der Waals surface area contributed by atoms with Gasteiger partial charge in [-0.2, -0.15) is 13.2 Å². The zero-order valence-electron chi connectivity index (χ0n) is 10.5. The molecule has 0 spiro atoms. The van der Waals surface area contributed by atoms with Crippen LogP contribution in [-0.4, -0.2) is 36.5 Å².